The molecule has 0 radical (unpaired) electrons. The molecule has 0 aromatic heterocycles. The minimum absolute atomic E-state index is 0.0350. The third-order valence-corrected chi connectivity index (χ3v) is 4.85. The average Bonchev–Trinajstić information content (AvgIpc) is 2.47. The molecular formula is C19H29NO2. The topological polar surface area (TPSA) is 38.3 Å². The molecule has 0 unspecified atom stereocenters. The first-order chi connectivity index (χ1) is 10.5. The Kier molecular flexibility index (Phi) is 5.87. The summed E-state index contributed by atoms with van der Waals surface area (Å²) in [6, 6.07) is 9.94. The lowest BCUT2D eigenvalue weighted by molar-refractivity contribution is 0.00516. The van der Waals surface area contributed by atoms with E-state index < -0.39 is 0 Å². The molecule has 22 heavy (non-hydrogen) atoms. The minimum atomic E-state index is -0.291. The van der Waals surface area contributed by atoms with Gasteiger partial charge in [0.1, 0.15) is 6.10 Å². The maximum atomic E-state index is 12.2. The molecule has 1 aliphatic rings. The van der Waals surface area contributed by atoms with Crippen molar-refractivity contribution in [3.8, 4) is 0 Å². The zero-order chi connectivity index (χ0) is 16.1. The van der Waals surface area contributed by atoms with Crippen molar-refractivity contribution in [1.82, 2.24) is 5.32 Å². The second kappa shape index (κ2) is 7.66. The molecule has 2 rings (SSSR count). The largest absolute Gasteiger partial charge is 0.446 e. The van der Waals surface area contributed by atoms with Crippen LogP contribution in [0.1, 0.15) is 58.6 Å². The van der Waals surface area contributed by atoms with Crippen LogP contribution >= 0.6 is 0 Å². The molecule has 1 aromatic rings. The highest BCUT2D eigenvalue weighted by Crippen LogP contribution is 2.35. The van der Waals surface area contributed by atoms with Gasteiger partial charge >= 0.3 is 6.09 Å². The van der Waals surface area contributed by atoms with Gasteiger partial charge in [-0.2, -0.15) is 0 Å². The number of ether oxygens (including phenoxy) is 1. The van der Waals surface area contributed by atoms with E-state index >= 15 is 0 Å². The maximum absolute atomic E-state index is 12.2. The molecule has 1 amide bonds. The molecule has 122 valence electrons. The minimum Gasteiger partial charge on any atom is -0.446 e. The lowest BCUT2D eigenvalue weighted by Crippen LogP contribution is -2.39. The van der Waals surface area contributed by atoms with Crippen molar-refractivity contribution in [3.05, 3.63) is 35.9 Å². The highest BCUT2D eigenvalue weighted by molar-refractivity contribution is 5.68. The molecule has 0 saturated heterocycles. The molecule has 0 aliphatic heterocycles. The summed E-state index contributed by atoms with van der Waals surface area (Å²) in [6.45, 7) is 8.68. The summed E-state index contributed by atoms with van der Waals surface area (Å²) in [4.78, 5) is 12.2. The first-order valence-corrected chi connectivity index (χ1v) is 8.49. The zero-order valence-corrected chi connectivity index (χ0v) is 14.2. The van der Waals surface area contributed by atoms with Gasteiger partial charge in [0.05, 0.1) is 6.04 Å². The number of carbonyl (C=O) groups excluding carboxylic acids is 1. The highest BCUT2D eigenvalue weighted by atomic mass is 16.6. The van der Waals surface area contributed by atoms with Gasteiger partial charge in [-0.3, -0.25) is 0 Å². The molecule has 1 saturated carbocycles. The number of hydrogen-bond donors (Lipinski definition) is 1. The second-order valence-electron chi connectivity index (χ2n) is 7.05. The van der Waals surface area contributed by atoms with E-state index in [0.29, 0.717) is 17.8 Å². The van der Waals surface area contributed by atoms with E-state index in [1.807, 2.05) is 37.3 Å². The lowest BCUT2D eigenvalue weighted by atomic mass is 9.75. The number of hydrogen-bond acceptors (Lipinski definition) is 2. The lowest BCUT2D eigenvalue weighted by Gasteiger charge is -2.36. The van der Waals surface area contributed by atoms with Crippen molar-refractivity contribution < 1.29 is 9.53 Å². The first kappa shape index (κ1) is 16.9. The van der Waals surface area contributed by atoms with Crippen LogP contribution in [0.3, 0.4) is 0 Å². The highest BCUT2D eigenvalue weighted by Gasteiger charge is 2.33. The number of benzene rings is 1. The van der Waals surface area contributed by atoms with Crippen LogP contribution in [0.5, 0.6) is 0 Å². The van der Waals surface area contributed by atoms with Gasteiger partial charge in [-0.15, -0.1) is 0 Å². The molecular weight excluding hydrogens is 274 g/mol. The molecule has 0 spiro atoms. The fraction of sp³-hybridized carbons (Fsp3) is 0.632. The normalized spacial score (nSPS) is 26.5. The number of alkyl carbamates (subject to hydrolysis) is 1. The van der Waals surface area contributed by atoms with Gasteiger partial charge in [0.15, 0.2) is 0 Å². The summed E-state index contributed by atoms with van der Waals surface area (Å²) in [5.74, 6) is 1.67. The SMILES string of the molecule is CC(C)[C@H]1CC[C@@H](C)C[C@H]1OC(=O)N[C@H](C)c1ccccc1. The Hall–Kier alpha value is -1.51. The van der Waals surface area contributed by atoms with Gasteiger partial charge in [0.25, 0.3) is 0 Å². The molecule has 3 heteroatoms. The van der Waals surface area contributed by atoms with Gasteiger partial charge in [-0.25, -0.2) is 4.79 Å². The Labute approximate surface area is 134 Å². The Bertz CT molecular complexity index is 472. The van der Waals surface area contributed by atoms with Crippen LogP contribution in [0.15, 0.2) is 30.3 Å². The van der Waals surface area contributed by atoms with E-state index in [9.17, 15) is 4.79 Å². The van der Waals surface area contributed by atoms with Gasteiger partial charge < -0.3 is 10.1 Å². The van der Waals surface area contributed by atoms with Crippen molar-refractivity contribution in [2.24, 2.45) is 17.8 Å². The van der Waals surface area contributed by atoms with Crippen molar-refractivity contribution in [1.29, 1.82) is 0 Å². The van der Waals surface area contributed by atoms with E-state index in [2.05, 4.69) is 26.1 Å². The summed E-state index contributed by atoms with van der Waals surface area (Å²) >= 11 is 0. The smallest absolute Gasteiger partial charge is 0.407 e. The standard InChI is InChI=1S/C19H29NO2/c1-13(2)17-11-10-14(3)12-18(17)22-19(21)20-15(4)16-8-6-5-7-9-16/h5-9,13-15,17-18H,10-12H2,1-4H3,(H,20,21)/t14-,15-,17-,18-/m1/s1. The monoisotopic (exact) mass is 303 g/mol. The Morgan fingerprint density at radius 1 is 1.18 bits per heavy atom. The molecule has 0 heterocycles. The van der Waals surface area contributed by atoms with Crippen molar-refractivity contribution in [2.45, 2.75) is 59.1 Å². The summed E-state index contributed by atoms with van der Waals surface area (Å²) in [7, 11) is 0. The number of nitrogens with one attached hydrogen (secondary N) is 1. The van der Waals surface area contributed by atoms with Crippen LogP contribution in [0, 0.1) is 17.8 Å². The van der Waals surface area contributed by atoms with Gasteiger partial charge in [0.2, 0.25) is 0 Å². The van der Waals surface area contributed by atoms with Crippen LogP contribution in [0.25, 0.3) is 0 Å². The average molecular weight is 303 g/mol. The van der Waals surface area contributed by atoms with Crippen molar-refractivity contribution in [2.75, 3.05) is 0 Å². The summed E-state index contributed by atoms with van der Waals surface area (Å²) in [5, 5.41) is 2.96. The van der Waals surface area contributed by atoms with E-state index in [0.717, 1.165) is 18.4 Å². The molecule has 1 aliphatic carbocycles. The zero-order valence-electron chi connectivity index (χ0n) is 14.2. The summed E-state index contributed by atoms with van der Waals surface area (Å²) in [5.41, 5.74) is 1.09. The number of amides is 1. The Balaban J connectivity index is 1.92. The van der Waals surface area contributed by atoms with Gasteiger partial charge in [-0.05, 0) is 43.1 Å². The molecule has 1 aromatic carbocycles. The van der Waals surface area contributed by atoms with E-state index in [-0.39, 0.29) is 18.2 Å². The summed E-state index contributed by atoms with van der Waals surface area (Å²) < 4.78 is 5.78. The van der Waals surface area contributed by atoms with Crippen LogP contribution < -0.4 is 5.32 Å². The molecule has 1 N–H and O–H groups in total. The van der Waals surface area contributed by atoms with Crippen LogP contribution in [0.4, 0.5) is 4.79 Å². The first-order valence-electron chi connectivity index (χ1n) is 8.49. The molecule has 0 bridgehead atoms. The van der Waals surface area contributed by atoms with Crippen molar-refractivity contribution >= 4 is 6.09 Å². The predicted molar refractivity (Wildman–Crippen MR) is 89.6 cm³/mol. The maximum Gasteiger partial charge on any atom is 0.407 e. The van der Waals surface area contributed by atoms with Crippen LogP contribution in [-0.2, 0) is 4.74 Å². The van der Waals surface area contributed by atoms with Crippen molar-refractivity contribution in [3.63, 3.8) is 0 Å². The molecule has 4 atom stereocenters. The van der Waals surface area contributed by atoms with E-state index in [1.165, 1.54) is 6.42 Å². The van der Waals surface area contributed by atoms with E-state index in [4.69, 9.17) is 4.74 Å². The number of rotatable bonds is 4. The fourth-order valence-corrected chi connectivity index (χ4v) is 3.42. The fourth-order valence-electron chi connectivity index (χ4n) is 3.42. The van der Waals surface area contributed by atoms with Gasteiger partial charge in [0, 0.05) is 0 Å². The summed E-state index contributed by atoms with van der Waals surface area (Å²) in [6.07, 6.45) is 3.14. The quantitative estimate of drug-likeness (QED) is 0.856. The number of carbonyl (C=O) groups is 1. The molecule has 1 fully saturated rings. The van der Waals surface area contributed by atoms with Gasteiger partial charge in [-0.1, -0.05) is 57.5 Å². The van der Waals surface area contributed by atoms with Crippen LogP contribution in [0.2, 0.25) is 0 Å². The van der Waals surface area contributed by atoms with Crippen LogP contribution in [-0.4, -0.2) is 12.2 Å². The molecule has 3 nitrogen and oxygen atoms in total. The third-order valence-electron chi connectivity index (χ3n) is 4.85. The third kappa shape index (κ3) is 4.49. The Morgan fingerprint density at radius 3 is 2.50 bits per heavy atom. The predicted octanol–water partition coefficient (Wildman–Crippen LogP) is 4.93. The Morgan fingerprint density at radius 2 is 1.86 bits per heavy atom. The van der Waals surface area contributed by atoms with E-state index in [1.54, 1.807) is 0 Å². The second-order valence-corrected chi connectivity index (χ2v) is 7.05.